The second-order valence-corrected chi connectivity index (χ2v) is 7.55. The zero-order chi connectivity index (χ0) is 22.8. The molecule has 0 spiro atoms. The Morgan fingerprint density at radius 1 is 1.12 bits per heavy atom. The molecular weight excluding hydrogens is 535 g/mol. The highest BCUT2D eigenvalue weighted by Gasteiger charge is 2.18. The van der Waals surface area contributed by atoms with Crippen molar-refractivity contribution in [3.05, 3.63) is 59.2 Å². The monoisotopic (exact) mass is 568 g/mol. The summed E-state index contributed by atoms with van der Waals surface area (Å²) in [6.07, 6.45) is 1.01. The first-order valence-electron chi connectivity index (χ1n) is 10.8. The number of nitrogens with zero attached hydrogens (tertiary/aromatic N) is 1. The molecule has 0 aliphatic carbocycles. The molecule has 180 valence electrons. The van der Waals surface area contributed by atoms with E-state index in [1.165, 1.54) is 0 Å². The molecule has 0 radical (unpaired) electrons. The second kappa shape index (κ2) is 13.9. The van der Waals surface area contributed by atoms with Crippen LogP contribution < -0.4 is 25.4 Å². The SMILES string of the molecule is CN=C(NCCNC(=O)c1ccc(OC)cc1)NCc1ccc(C)cc1OC1CCOC1.I. The number of aryl methyl sites for hydroxylation is 1. The first-order valence-corrected chi connectivity index (χ1v) is 10.8. The zero-order valence-corrected chi connectivity index (χ0v) is 21.7. The van der Waals surface area contributed by atoms with Crippen molar-refractivity contribution in [2.45, 2.75) is 26.0 Å². The molecule has 1 saturated heterocycles. The summed E-state index contributed by atoms with van der Waals surface area (Å²) in [6.45, 7) is 5.00. The van der Waals surface area contributed by atoms with E-state index in [1.807, 2.05) is 0 Å². The van der Waals surface area contributed by atoms with E-state index >= 15 is 0 Å². The zero-order valence-electron chi connectivity index (χ0n) is 19.3. The number of carbonyl (C=O) groups is 1. The number of ether oxygens (including phenoxy) is 3. The summed E-state index contributed by atoms with van der Waals surface area (Å²) in [6, 6.07) is 13.2. The van der Waals surface area contributed by atoms with Gasteiger partial charge in [0.1, 0.15) is 17.6 Å². The lowest BCUT2D eigenvalue weighted by Crippen LogP contribution is -2.41. The molecule has 0 aromatic heterocycles. The molecule has 1 unspecified atom stereocenters. The van der Waals surface area contributed by atoms with E-state index in [-0.39, 0.29) is 36.0 Å². The van der Waals surface area contributed by atoms with E-state index in [0.717, 1.165) is 35.7 Å². The molecular formula is C24H33IN4O4. The molecule has 0 bridgehead atoms. The van der Waals surface area contributed by atoms with E-state index in [0.29, 0.717) is 37.8 Å². The van der Waals surface area contributed by atoms with Crippen molar-refractivity contribution >= 4 is 35.8 Å². The summed E-state index contributed by atoms with van der Waals surface area (Å²) in [4.78, 5) is 16.5. The van der Waals surface area contributed by atoms with Gasteiger partial charge in [-0.05, 0) is 42.8 Å². The maximum Gasteiger partial charge on any atom is 0.251 e. The van der Waals surface area contributed by atoms with Gasteiger partial charge in [-0.2, -0.15) is 0 Å². The van der Waals surface area contributed by atoms with Crippen LogP contribution in [0.1, 0.15) is 27.9 Å². The van der Waals surface area contributed by atoms with Crippen LogP contribution in [0.3, 0.4) is 0 Å². The predicted octanol–water partition coefficient (Wildman–Crippen LogP) is 2.88. The third-order valence-corrected chi connectivity index (χ3v) is 5.13. The minimum Gasteiger partial charge on any atom is -0.497 e. The Labute approximate surface area is 212 Å². The normalized spacial score (nSPS) is 15.4. The van der Waals surface area contributed by atoms with Crippen molar-refractivity contribution in [3.63, 3.8) is 0 Å². The van der Waals surface area contributed by atoms with Crippen molar-refractivity contribution in [2.24, 2.45) is 4.99 Å². The molecule has 1 fully saturated rings. The number of rotatable bonds is 9. The Hall–Kier alpha value is -2.53. The largest absolute Gasteiger partial charge is 0.497 e. The molecule has 9 heteroatoms. The smallest absolute Gasteiger partial charge is 0.251 e. The third kappa shape index (κ3) is 8.39. The lowest BCUT2D eigenvalue weighted by Gasteiger charge is -2.18. The predicted molar refractivity (Wildman–Crippen MR) is 140 cm³/mol. The molecule has 2 aromatic carbocycles. The fraction of sp³-hybridized carbons (Fsp3) is 0.417. The quantitative estimate of drug-likeness (QED) is 0.187. The molecule has 1 amide bonds. The lowest BCUT2D eigenvalue weighted by atomic mass is 10.1. The number of carbonyl (C=O) groups excluding carboxylic acids is 1. The average molecular weight is 568 g/mol. The van der Waals surface area contributed by atoms with Crippen LogP contribution >= 0.6 is 24.0 Å². The van der Waals surface area contributed by atoms with Crippen molar-refractivity contribution in [2.75, 3.05) is 40.5 Å². The molecule has 8 nitrogen and oxygen atoms in total. The maximum absolute atomic E-state index is 12.2. The van der Waals surface area contributed by atoms with E-state index in [9.17, 15) is 4.79 Å². The number of hydrogen-bond acceptors (Lipinski definition) is 5. The number of hydrogen-bond donors (Lipinski definition) is 3. The van der Waals surface area contributed by atoms with E-state index in [4.69, 9.17) is 14.2 Å². The van der Waals surface area contributed by atoms with Gasteiger partial charge >= 0.3 is 0 Å². The van der Waals surface area contributed by atoms with Gasteiger partial charge in [0.2, 0.25) is 0 Å². The van der Waals surface area contributed by atoms with Crippen LogP contribution in [0.15, 0.2) is 47.5 Å². The summed E-state index contributed by atoms with van der Waals surface area (Å²) in [5, 5.41) is 9.40. The summed E-state index contributed by atoms with van der Waals surface area (Å²) in [5.41, 5.74) is 2.80. The van der Waals surface area contributed by atoms with E-state index in [2.05, 4.69) is 46.1 Å². The van der Waals surface area contributed by atoms with Gasteiger partial charge in [0.25, 0.3) is 5.91 Å². The van der Waals surface area contributed by atoms with Crippen LogP contribution in [0.25, 0.3) is 0 Å². The van der Waals surface area contributed by atoms with Crippen LogP contribution in [0.4, 0.5) is 0 Å². The van der Waals surface area contributed by atoms with Gasteiger partial charge in [0, 0.05) is 44.2 Å². The minimum atomic E-state index is -0.130. The first kappa shape index (κ1) is 26.7. The van der Waals surface area contributed by atoms with Crippen molar-refractivity contribution in [1.82, 2.24) is 16.0 Å². The number of amides is 1. The van der Waals surface area contributed by atoms with Crippen LogP contribution in [0, 0.1) is 6.92 Å². The van der Waals surface area contributed by atoms with Gasteiger partial charge in [-0.15, -0.1) is 24.0 Å². The van der Waals surface area contributed by atoms with Crippen LogP contribution in [-0.2, 0) is 11.3 Å². The van der Waals surface area contributed by atoms with Crippen molar-refractivity contribution in [3.8, 4) is 11.5 Å². The summed E-state index contributed by atoms with van der Waals surface area (Å²) in [5.74, 6) is 2.11. The highest BCUT2D eigenvalue weighted by atomic mass is 127. The number of benzene rings is 2. The van der Waals surface area contributed by atoms with E-state index < -0.39 is 0 Å². The van der Waals surface area contributed by atoms with Gasteiger partial charge in [-0.3, -0.25) is 9.79 Å². The Balaban J connectivity index is 0.00000385. The van der Waals surface area contributed by atoms with Gasteiger partial charge < -0.3 is 30.2 Å². The average Bonchev–Trinajstić information content (AvgIpc) is 3.32. The Bertz CT molecular complexity index is 915. The second-order valence-electron chi connectivity index (χ2n) is 7.55. The highest BCUT2D eigenvalue weighted by molar-refractivity contribution is 14.0. The first-order chi connectivity index (χ1) is 15.6. The van der Waals surface area contributed by atoms with Crippen molar-refractivity contribution in [1.29, 1.82) is 0 Å². The molecule has 1 atom stereocenters. The molecule has 1 aliphatic rings. The number of guanidine groups is 1. The summed E-state index contributed by atoms with van der Waals surface area (Å²) in [7, 11) is 3.31. The van der Waals surface area contributed by atoms with Crippen LogP contribution in [0.2, 0.25) is 0 Å². The van der Waals surface area contributed by atoms with Crippen LogP contribution in [-0.4, -0.2) is 58.4 Å². The molecule has 33 heavy (non-hydrogen) atoms. The number of aliphatic imine (C=N–C) groups is 1. The molecule has 3 rings (SSSR count). The number of methoxy groups -OCH3 is 1. The fourth-order valence-corrected chi connectivity index (χ4v) is 3.30. The molecule has 0 saturated carbocycles. The van der Waals surface area contributed by atoms with Gasteiger partial charge in [0.15, 0.2) is 5.96 Å². The fourth-order valence-electron chi connectivity index (χ4n) is 3.30. The Morgan fingerprint density at radius 3 is 2.55 bits per heavy atom. The Morgan fingerprint density at radius 2 is 1.88 bits per heavy atom. The Kier molecular flexibility index (Phi) is 11.2. The molecule has 1 heterocycles. The molecule has 3 N–H and O–H groups in total. The highest BCUT2D eigenvalue weighted by Crippen LogP contribution is 2.23. The third-order valence-electron chi connectivity index (χ3n) is 5.13. The standard InChI is InChI=1S/C24H32N4O4.HI/c1-17-4-5-19(22(14-17)32-21-10-13-31-16-21)15-28-24(25-2)27-12-11-26-23(29)18-6-8-20(30-3)9-7-18;/h4-9,14,21H,10-13,15-16H2,1-3H3,(H,26,29)(H2,25,27,28);1H. The van der Waals surface area contributed by atoms with Gasteiger partial charge in [-0.1, -0.05) is 12.1 Å². The van der Waals surface area contributed by atoms with Crippen LogP contribution in [0.5, 0.6) is 11.5 Å². The van der Waals surface area contributed by atoms with Crippen molar-refractivity contribution < 1.29 is 19.0 Å². The molecule has 2 aromatic rings. The minimum absolute atomic E-state index is 0. The topological polar surface area (TPSA) is 93.2 Å². The number of halogens is 1. The maximum atomic E-state index is 12.2. The lowest BCUT2D eigenvalue weighted by molar-refractivity contribution is 0.0954. The molecule has 1 aliphatic heterocycles. The summed E-state index contributed by atoms with van der Waals surface area (Å²) >= 11 is 0. The summed E-state index contributed by atoms with van der Waals surface area (Å²) < 4.78 is 16.7. The van der Waals surface area contributed by atoms with E-state index in [1.54, 1.807) is 38.4 Å². The number of nitrogens with one attached hydrogen (secondary N) is 3. The van der Waals surface area contributed by atoms with Gasteiger partial charge in [0.05, 0.1) is 20.3 Å². The van der Waals surface area contributed by atoms with Gasteiger partial charge in [-0.25, -0.2) is 0 Å².